The fourth-order valence-electron chi connectivity index (χ4n) is 7.53. The van der Waals surface area contributed by atoms with Crippen molar-refractivity contribution in [3.05, 3.63) is 139 Å². The van der Waals surface area contributed by atoms with Gasteiger partial charge in [0, 0.05) is 28.3 Å². The Balaban J connectivity index is 1.31. The normalized spacial score (nSPS) is 12.5. The Morgan fingerprint density at radius 1 is 0.571 bits per heavy atom. The zero-order valence-electron chi connectivity index (χ0n) is 27.8. The van der Waals surface area contributed by atoms with Crippen LogP contribution < -0.4 is 0 Å². The highest BCUT2D eigenvalue weighted by atomic mass is 15.2. The average molecular weight is 636 g/mol. The second-order valence-electron chi connectivity index (χ2n) is 14.0. The zero-order chi connectivity index (χ0) is 33.0. The molecule has 0 atom stereocenters. The lowest BCUT2D eigenvalue weighted by atomic mass is 9.88. The summed E-state index contributed by atoms with van der Waals surface area (Å²) in [6.07, 6.45) is 3.83. The molecule has 0 unspecified atom stereocenters. The first-order valence-corrected chi connectivity index (χ1v) is 16.7. The van der Waals surface area contributed by atoms with E-state index in [1.54, 1.807) is 0 Å². The first-order chi connectivity index (χ1) is 23.8. The predicted molar refractivity (Wildman–Crippen MR) is 200 cm³/mol. The van der Waals surface area contributed by atoms with Crippen LogP contribution >= 0.6 is 0 Å². The first kappa shape index (κ1) is 27.9. The van der Waals surface area contributed by atoms with Gasteiger partial charge < -0.3 is 4.57 Å². The third-order valence-corrected chi connectivity index (χ3v) is 9.98. The van der Waals surface area contributed by atoms with E-state index in [2.05, 4.69) is 160 Å². The number of para-hydroxylation sites is 4. The maximum atomic E-state index is 5.27. The average Bonchev–Trinajstić information content (AvgIpc) is 3.86. The van der Waals surface area contributed by atoms with Gasteiger partial charge in [-0.2, -0.15) is 0 Å². The van der Waals surface area contributed by atoms with Crippen molar-refractivity contribution in [1.82, 2.24) is 33.1 Å². The molecule has 0 bridgehead atoms. The molecule has 0 aliphatic rings. The maximum absolute atomic E-state index is 5.27. The second kappa shape index (κ2) is 9.90. The Labute approximate surface area is 282 Å². The van der Waals surface area contributed by atoms with Crippen molar-refractivity contribution in [3.8, 4) is 17.2 Å². The molecular weight excluding hydrogens is 603 g/mol. The summed E-state index contributed by atoms with van der Waals surface area (Å²) in [6, 6.07) is 41.1. The van der Waals surface area contributed by atoms with Crippen LogP contribution in [-0.4, -0.2) is 33.1 Å². The molecule has 5 heterocycles. The van der Waals surface area contributed by atoms with E-state index in [1.165, 1.54) is 16.3 Å². The fraction of sp³-hybridized carbons (Fsp3) is 0.119. The molecule has 0 aliphatic heterocycles. The molecule has 0 spiro atoms. The Bertz CT molecular complexity index is 2940. The number of hydrogen-bond acceptors (Lipinski definition) is 3. The number of pyridine rings is 1. The van der Waals surface area contributed by atoms with E-state index in [-0.39, 0.29) is 5.41 Å². The van der Waals surface area contributed by atoms with E-state index in [0.29, 0.717) is 0 Å². The van der Waals surface area contributed by atoms with Crippen molar-refractivity contribution >= 4 is 60.7 Å². The summed E-state index contributed by atoms with van der Waals surface area (Å²) in [5.41, 5.74) is 13.1. The molecule has 5 aromatic carbocycles. The summed E-state index contributed by atoms with van der Waals surface area (Å²) in [5.74, 6) is 1.71. The number of imidazole rings is 3. The molecule has 0 N–H and O–H groups in total. The minimum Gasteiger partial charge on any atom is -0.309 e. The zero-order valence-corrected chi connectivity index (χ0v) is 27.8. The second-order valence-corrected chi connectivity index (χ2v) is 14.0. The van der Waals surface area contributed by atoms with Crippen molar-refractivity contribution in [2.45, 2.75) is 33.1 Å². The molecule has 0 fully saturated rings. The van der Waals surface area contributed by atoms with Gasteiger partial charge in [-0.1, -0.05) is 69.3 Å². The Morgan fingerprint density at radius 2 is 1.35 bits per heavy atom. The number of nitrogens with zero attached hydrogens (tertiary/aromatic N) is 7. The summed E-state index contributed by atoms with van der Waals surface area (Å²) in [5, 5.41) is 2.39. The quantitative estimate of drug-likeness (QED) is 0.194. The van der Waals surface area contributed by atoms with Crippen molar-refractivity contribution in [3.63, 3.8) is 0 Å². The monoisotopic (exact) mass is 635 g/mol. The number of rotatable bonds is 3. The molecule has 0 saturated carbocycles. The Morgan fingerprint density at radius 3 is 2.22 bits per heavy atom. The molecule has 7 heteroatoms. The number of fused-ring (bicyclic) bond motifs is 9. The van der Waals surface area contributed by atoms with Gasteiger partial charge in [0.1, 0.15) is 12.1 Å². The smallest absolute Gasteiger partial charge is 0.221 e. The van der Waals surface area contributed by atoms with Crippen molar-refractivity contribution in [1.29, 1.82) is 0 Å². The number of aryl methyl sites for hydroxylation is 1. The van der Waals surface area contributed by atoms with Gasteiger partial charge in [0.25, 0.3) is 0 Å². The minimum atomic E-state index is -0.0288. The SMILES string of the molecule is Cc1cccc2c1nc1n(-c3cc(C(C)(C)C)ccn3)c3cc4c(cc3n21)c1ccccc1n4-c1cccc(-n2cnc3ccccc32)c1. The van der Waals surface area contributed by atoms with Gasteiger partial charge >= 0.3 is 0 Å². The van der Waals surface area contributed by atoms with Crippen molar-refractivity contribution < 1.29 is 0 Å². The van der Waals surface area contributed by atoms with Crippen LogP contribution in [0, 0.1) is 6.92 Å². The van der Waals surface area contributed by atoms with Gasteiger partial charge in [-0.3, -0.25) is 13.5 Å². The Kier molecular flexibility index (Phi) is 5.63. The number of hydrogen-bond donors (Lipinski definition) is 0. The van der Waals surface area contributed by atoms with Gasteiger partial charge in [-0.15, -0.1) is 0 Å². The molecule has 0 aliphatic carbocycles. The summed E-state index contributed by atoms with van der Waals surface area (Å²) < 4.78 is 9.08. The van der Waals surface area contributed by atoms with Gasteiger partial charge in [0.05, 0.1) is 44.1 Å². The summed E-state index contributed by atoms with van der Waals surface area (Å²) in [6.45, 7) is 8.86. The van der Waals surface area contributed by atoms with Crippen LogP contribution in [0.15, 0.2) is 128 Å². The standard InChI is InChI=1S/C42H33N7/c1-26-11-9-18-35-40(26)45-41-48(35)37-23-31-30-14-5-7-16-33(30)47(29-13-10-12-28(22-29)46-25-44-32-15-6-8-17-34(32)46)36(31)24-38(37)49(41)39-21-27(19-20-43-39)42(2,3)4/h5-25H,1-4H3. The lowest BCUT2D eigenvalue weighted by molar-refractivity contribution is 0.588. The van der Waals surface area contributed by atoms with E-state index in [4.69, 9.17) is 9.97 Å². The molecule has 49 heavy (non-hydrogen) atoms. The van der Waals surface area contributed by atoms with Crippen molar-refractivity contribution in [2.75, 3.05) is 0 Å². The van der Waals surface area contributed by atoms with Crippen LogP contribution in [0.25, 0.3) is 77.9 Å². The predicted octanol–water partition coefficient (Wildman–Crippen LogP) is 9.87. The molecule has 0 radical (unpaired) electrons. The van der Waals surface area contributed by atoms with Crippen LogP contribution in [0.5, 0.6) is 0 Å². The molecule has 5 aromatic heterocycles. The molecule has 0 amide bonds. The molecule has 10 rings (SSSR count). The Hall–Kier alpha value is -6.21. The van der Waals surface area contributed by atoms with E-state index in [0.717, 1.165) is 72.7 Å². The lowest BCUT2D eigenvalue weighted by Gasteiger charge is -2.19. The third kappa shape index (κ3) is 3.99. The topological polar surface area (TPSA) is 57.9 Å². The summed E-state index contributed by atoms with van der Waals surface area (Å²) in [4.78, 5) is 14.9. The third-order valence-electron chi connectivity index (χ3n) is 9.98. The van der Waals surface area contributed by atoms with Gasteiger partial charge in [0.15, 0.2) is 0 Å². The fourth-order valence-corrected chi connectivity index (χ4v) is 7.53. The van der Waals surface area contributed by atoms with Crippen LogP contribution in [0.3, 0.4) is 0 Å². The lowest BCUT2D eigenvalue weighted by Crippen LogP contribution is -2.12. The van der Waals surface area contributed by atoms with Crippen molar-refractivity contribution in [2.24, 2.45) is 0 Å². The van der Waals surface area contributed by atoms with Crippen LogP contribution in [0.4, 0.5) is 0 Å². The molecule has 236 valence electrons. The van der Waals surface area contributed by atoms with E-state index >= 15 is 0 Å². The summed E-state index contributed by atoms with van der Waals surface area (Å²) >= 11 is 0. The van der Waals surface area contributed by atoms with Gasteiger partial charge in [0.2, 0.25) is 5.78 Å². The molecule has 10 aromatic rings. The minimum absolute atomic E-state index is 0.0288. The first-order valence-electron chi connectivity index (χ1n) is 16.7. The summed E-state index contributed by atoms with van der Waals surface area (Å²) in [7, 11) is 0. The highest BCUT2D eigenvalue weighted by Gasteiger charge is 2.23. The van der Waals surface area contributed by atoms with Crippen LogP contribution in [-0.2, 0) is 5.41 Å². The largest absolute Gasteiger partial charge is 0.309 e. The highest BCUT2D eigenvalue weighted by Crippen LogP contribution is 2.38. The molecule has 0 saturated heterocycles. The number of benzene rings is 5. The molecule has 7 nitrogen and oxygen atoms in total. The highest BCUT2D eigenvalue weighted by molar-refractivity contribution is 6.14. The van der Waals surface area contributed by atoms with E-state index < -0.39 is 0 Å². The van der Waals surface area contributed by atoms with Crippen LogP contribution in [0.1, 0.15) is 31.9 Å². The molecular formula is C42H33N7. The van der Waals surface area contributed by atoms with E-state index in [1.807, 2.05) is 18.6 Å². The van der Waals surface area contributed by atoms with E-state index in [9.17, 15) is 0 Å². The van der Waals surface area contributed by atoms with Gasteiger partial charge in [-0.05, 0) is 90.2 Å². The maximum Gasteiger partial charge on any atom is 0.221 e. The number of aromatic nitrogens is 7. The van der Waals surface area contributed by atoms with Crippen LogP contribution in [0.2, 0.25) is 0 Å². The van der Waals surface area contributed by atoms with Gasteiger partial charge in [-0.25, -0.2) is 15.0 Å².